The number of nitrogens with one attached hydrogen (secondary N) is 1. The Bertz CT molecular complexity index is 461. The van der Waals surface area contributed by atoms with Gasteiger partial charge in [-0.2, -0.15) is 4.37 Å². The Kier molecular flexibility index (Phi) is 1.63. The molecule has 2 heterocycles. The maximum atomic E-state index is 11.1. The minimum atomic E-state index is -0.268. The molecule has 0 amide bonds. The average molecular weight is 183 g/mol. The topological polar surface area (TPSA) is 78.9 Å². The standard InChI is InChI=1S/C6H5N3O2S/c10-1-3-4-5(9-12-3)6(11)8-2-7-4/h2,10H,1H2,(H,7,8,11). The van der Waals surface area contributed by atoms with E-state index in [0.29, 0.717) is 15.9 Å². The van der Waals surface area contributed by atoms with Gasteiger partial charge in [0.15, 0.2) is 5.52 Å². The molecule has 5 nitrogen and oxygen atoms in total. The molecule has 12 heavy (non-hydrogen) atoms. The zero-order valence-electron chi connectivity index (χ0n) is 5.94. The summed E-state index contributed by atoms with van der Waals surface area (Å²) >= 11 is 1.09. The predicted octanol–water partition coefficient (Wildman–Crippen LogP) is -0.128. The molecule has 0 aliphatic carbocycles. The summed E-state index contributed by atoms with van der Waals surface area (Å²) in [4.78, 5) is 18.0. The molecule has 0 fully saturated rings. The van der Waals surface area contributed by atoms with E-state index < -0.39 is 0 Å². The maximum absolute atomic E-state index is 11.1. The molecule has 2 aromatic rings. The van der Waals surface area contributed by atoms with Crippen molar-refractivity contribution in [3.05, 3.63) is 21.6 Å². The van der Waals surface area contributed by atoms with Gasteiger partial charge in [-0.3, -0.25) is 4.79 Å². The summed E-state index contributed by atoms with van der Waals surface area (Å²) in [6.45, 7) is -0.127. The summed E-state index contributed by atoms with van der Waals surface area (Å²) in [6, 6.07) is 0. The number of H-pyrrole nitrogens is 1. The van der Waals surface area contributed by atoms with Gasteiger partial charge in [0.1, 0.15) is 5.52 Å². The predicted molar refractivity (Wildman–Crippen MR) is 44.0 cm³/mol. The zero-order chi connectivity index (χ0) is 8.55. The normalized spacial score (nSPS) is 10.8. The maximum Gasteiger partial charge on any atom is 0.278 e. The number of hydrogen-bond donors (Lipinski definition) is 2. The minimum absolute atomic E-state index is 0.127. The van der Waals surface area contributed by atoms with Crippen molar-refractivity contribution >= 4 is 22.6 Å². The second-order valence-corrected chi connectivity index (χ2v) is 3.05. The number of aromatic nitrogens is 3. The Morgan fingerprint density at radius 3 is 3.17 bits per heavy atom. The van der Waals surface area contributed by atoms with Gasteiger partial charge in [0, 0.05) is 0 Å². The fourth-order valence-corrected chi connectivity index (χ4v) is 1.59. The van der Waals surface area contributed by atoms with Crippen LogP contribution in [0.5, 0.6) is 0 Å². The molecule has 2 aromatic heterocycles. The van der Waals surface area contributed by atoms with Crippen LogP contribution in [-0.2, 0) is 6.61 Å². The Hall–Kier alpha value is -1.27. The van der Waals surface area contributed by atoms with Crippen LogP contribution >= 0.6 is 11.5 Å². The van der Waals surface area contributed by atoms with Crippen LogP contribution < -0.4 is 5.56 Å². The average Bonchev–Trinajstić information content (AvgIpc) is 2.49. The number of rotatable bonds is 1. The molecule has 0 atom stereocenters. The summed E-state index contributed by atoms with van der Waals surface area (Å²) in [5, 5.41) is 8.83. The zero-order valence-corrected chi connectivity index (χ0v) is 6.76. The van der Waals surface area contributed by atoms with Gasteiger partial charge < -0.3 is 10.1 Å². The molecule has 0 spiro atoms. The first-order chi connectivity index (χ1) is 5.83. The third-order valence-corrected chi connectivity index (χ3v) is 2.30. The molecule has 0 saturated heterocycles. The van der Waals surface area contributed by atoms with Crippen LogP contribution in [0.15, 0.2) is 11.1 Å². The second kappa shape index (κ2) is 2.65. The van der Waals surface area contributed by atoms with Crippen LogP contribution in [0.1, 0.15) is 4.88 Å². The van der Waals surface area contributed by atoms with Crippen molar-refractivity contribution in [3.8, 4) is 0 Å². The molecule has 0 radical (unpaired) electrons. The Balaban J connectivity index is 2.89. The molecular weight excluding hydrogens is 178 g/mol. The van der Waals surface area contributed by atoms with E-state index in [1.165, 1.54) is 6.33 Å². The second-order valence-electron chi connectivity index (χ2n) is 2.19. The molecule has 2 rings (SSSR count). The van der Waals surface area contributed by atoms with Crippen molar-refractivity contribution in [3.63, 3.8) is 0 Å². The van der Waals surface area contributed by atoms with Crippen LogP contribution in [-0.4, -0.2) is 19.4 Å². The van der Waals surface area contributed by atoms with Gasteiger partial charge in [0.05, 0.1) is 17.8 Å². The first kappa shape index (κ1) is 7.38. The molecule has 0 aliphatic rings. The summed E-state index contributed by atoms with van der Waals surface area (Å²) < 4.78 is 3.86. The summed E-state index contributed by atoms with van der Waals surface area (Å²) in [5.74, 6) is 0. The van der Waals surface area contributed by atoms with Gasteiger partial charge in [-0.05, 0) is 11.5 Å². The van der Waals surface area contributed by atoms with Gasteiger partial charge in [0.2, 0.25) is 0 Å². The van der Waals surface area contributed by atoms with Gasteiger partial charge in [-0.1, -0.05) is 0 Å². The first-order valence-electron chi connectivity index (χ1n) is 3.25. The summed E-state index contributed by atoms with van der Waals surface area (Å²) in [5.41, 5.74) is 0.522. The van der Waals surface area contributed by atoms with Gasteiger partial charge in [-0.15, -0.1) is 0 Å². The Labute approximate surface area is 70.9 Å². The van der Waals surface area contributed by atoms with E-state index in [4.69, 9.17) is 5.11 Å². The molecule has 62 valence electrons. The van der Waals surface area contributed by atoms with Crippen LogP contribution in [0, 0.1) is 0 Å². The van der Waals surface area contributed by atoms with E-state index in [1.807, 2.05) is 0 Å². The third-order valence-electron chi connectivity index (χ3n) is 1.48. The monoisotopic (exact) mass is 183 g/mol. The lowest BCUT2D eigenvalue weighted by molar-refractivity contribution is 0.286. The van der Waals surface area contributed by atoms with E-state index >= 15 is 0 Å². The van der Waals surface area contributed by atoms with E-state index in [2.05, 4.69) is 14.3 Å². The van der Waals surface area contributed by atoms with Crippen molar-refractivity contribution in [2.24, 2.45) is 0 Å². The largest absolute Gasteiger partial charge is 0.391 e. The molecule has 0 bridgehead atoms. The smallest absolute Gasteiger partial charge is 0.278 e. The fourth-order valence-electron chi connectivity index (χ4n) is 0.929. The van der Waals surface area contributed by atoms with Crippen LogP contribution in [0.4, 0.5) is 0 Å². The van der Waals surface area contributed by atoms with Crippen LogP contribution in [0.3, 0.4) is 0 Å². The van der Waals surface area contributed by atoms with Gasteiger partial charge >= 0.3 is 0 Å². The molecule has 2 N–H and O–H groups in total. The van der Waals surface area contributed by atoms with Crippen molar-refractivity contribution < 1.29 is 5.11 Å². The molecule has 0 unspecified atom stereocenters. The van der Waals surface area contributed by atoms with Crippen molar-refractivity contribution in [2.45, 2.75) is 6.61 Å². The van der Waals surface area contributed by atoms with Gasteiger partial charge in [-0.25, -0.2) is 4.98 Å². The number of aromatic amines is 1. The Morgan fingerprint density at radius 1 is 1.58 bits per heavy atom. The highest BCUT2D eigenvalue weighted by molar-refractivity contribution is 7.07. The highest BCUT2D eigenvalue weighted by atomic mass is 32.1. The number of nitrogens with zero attached hydrogens (tertiary/aromatic N) is 2. The number of hydrogen-bond acceptors (Lipinski definition) is 5. The van der Waals surface area contributed by atoms with Crippen LogP contribution in [0.25, 0.3) is 11.0 Å². The quantitative estimate of drug-likeness (QED) is 0.645. The van der Waals surface area contributed by atoms with Crippen molar-refractivity contribution in [2.75, 3.05) is 0 Å². The van der Waals surface area contributed by atoms with Crippen LogP contribution in [0.2, 0.25) is 0 Å². The molecule has 0 aliphatic heterocycles. The summed E-state index contributed by atoms with van der Waals surface area (Å²) in [6.07, 6.45) is 1.30. The van der Waals surface area contributed by atoms with E-state index in [1.54, 1.807) is 0 Å². The molecular formula is C6H5N3O2S. The van der Waals surface area contributed by atoms with E-state index in [9.17, 15) is 4.79 Å². The summed E-state index contributed by atoms with van der Waals surface area (Å²) in [7, 11) is 0. The fraction of sp³-hybridized carbons (Fsp3) is 0.167. The molecule has 0 aromatic carbocycles. The van der Waals surface area contributed by atoms with E-state index in [-0.39, 0.29) is 12.2 Å². The SMILES string of the molecule is O=c1[nH]cnc2c(CO)snc12. The lowest BCUT2D eigenvalue weighted by Crippen LogP contribution is -2.05. The van der Waals surface area contributed by atoms with E-state index in [0.717, 1.165) is 11.5 Å². The molecule has 0 saturated carbocycles. The lowest BCUT2D eigenvalue weighted by atomic mass is 10.4. The highest BCUT2D eigenvalue weighted by Crippen LogP contribution is 2.15. The lowest BCUT2D eigenvalue weighted by Gasteiger charge is -1.87. The van der Waals surface area contributed by atoms with Crippen molar-refractivity contribution in [1.29, 1.82) is 0 Å². The number of aliphatic hydroxyl groups is 1. The first-order valence-corrected chi connectivity index (χ1v) is 4.03. The Morgan fingerprint density at radius 2 is 2.42 bits per heavy atom. The molecule has 6 heteroatoms. The third kappa shape index (κ3) is 0.926. The number of aliphatic hydroxyl groups excluding tert-OH is 1. The van der Waals surface area contributed by atoms with Gasteiger partial charge in [0.25, 0.3) is 5.56 Å². The minimum Gasteiger partial charge on any atom is -0.391 e. The van der Waals surface area contributed by atoms with Crippen molar-refractivity contribution in [1.82, 2.24) is 14.3 Å². The number of fused-ring (bicyclic) bond motifs is 1. The highest BCUT2D eigenvalue weighted by Gasteiger charge is 2.08.